The first-order valence-electron chi connectivity index (χ1n) is 6.79. The van der Waals surface area contributed by atoms with Gasteiger partial charge in [0.15, 0.2) is 0 Å². The number of benzene rings is 2. The van der Waals surface area contributed by atoms with Crippen LogP contribution in [0.3, 0.4) is 0 Å². The molecule has 126 valence electrons. The summed E-state index contributed by atoms with van der Waals surface area (Å²) in [5, 5.41) is 3.41. The molecule has 0 radical (unpaired) electrons. The van der Waals surface area contributed by atoms with E-state index < -0.39 is 0 Å². The van der Waals surface area contributed by atoms with Crippen LogP contribution in [0.5, 0.6) is 0 Å². The number of carbonyl (C=O) groups is 2. The van der Waals surface area contributed by atoms with Crippen molar-refractivity contribution in [2.24, 2.45) is 0 Å². The van der Waals surface area contributed by atoms with E-state index in [1.165, 1.54) is 4.90 Å². The van der Waals surface area contributed by atoms with E-state index in [4.69, 9.17) is 34.8 Å². The molecule has 0 saturated heterocycles. The second-order valence-electron chi connectivity index (χ2n) is 4.71. The minimum Gasteiger partial charge on any atom is -0.324 e. The average molecular weight is 404 g/mol. The first kappa shape index (κ1) is 18.9. The summed E-state index contributed by atoms with van der Waals surface area (Å²) in [6.45, 7) is 0. The fourth-order valence-corrected chi connectivity index (χ4v) is 3.05. The van der Waals surface area contributed by atoms with E-state index >= 15 is 0 Å². The Bertz CT molecular complexity index is 771. The first-order valence-corrected chi connectivity index (χ1v) is 8.91. The minimum absolute atomic E-state index is 0.0490. The van der Waals surface area contributed by atoms with Gasteiger partial charge in [0.25, 0.3) is 5.24 Å². The fraction of sp³-hybridized carbons (Fsp3) is 0.125. The van der Waals surface area contributed by atoms with Gasteiger partial charge in [0.1, 0.15) is 0 Å². The van der Waals surface area contributed by atoms with Gasteiger partial charge < -0.3 is 10.2 Å². The van der Waals surface area contributed by atoms with Crippen molar-refractivity contribution >= 4 is 69.1 Å². The molecule has 0 aliphatic carbocycles. The maximum absolute atomic E-state index is 12.2. The van der Waals surface area contributed by atoms with Crippen LogP contribution in [0.15, 0.2) is 42.5 Å². The Balaban J connectivity index is 1.94. The molecule has 1 N–H and O–H groups in total. The molecular weight excluding hydrogens is 391 g/mol. The lowest BCUT2D eigenvalue weighted by atomic mass is 10.3. The lowest BCUT2D eigenvalue weighted by Crippen LogP contribution is -2.24. The lowest BCUT2D eigenvalue weighted by molar-refractivity contribution is -0.113. The van der Waals surface area contributed by atoms with E-state index in [0.29, 0.717) is 21.4 Å². The average Bonchev–Trinajstić information content (AvgIpc) is 2.56. The molecule has 0 aliphatic rings. The van der Waals surface area contributed by atoms with Gasteiger partial charge in [-0.25, -0.2) is 0 Å². The Morgan fingerprint density at radius 1 is 1.04 bits per heavy atom. The molecule has 8 heteroatoms. The molecule has 0 bridgehead atoms. The van der Waals surface area contributed by atoms with Crippen molar-refractivity contribution in [3.8, 4) is 0 Å². The Morgan fingerprint density at radius 2 is 1.71 bits per heavy atom. The monoisotopic (exact) mass is 402 g/mol. The Labute approximate surface area is 159 Å². The third-order valence-electron chi connectivity index (χ3n) is 3.04. The second-order valence-corrected chi connectivity index (χ2v) is 6.83. The largest absolute Gasteiger partial charge is 0.324 e. The van der Waals surface area contributed by atoms with Crippen molar-refractivity contribution in [3.05, 3.63) is 57.5 Å². The van der Waals surface area contributed by atoms with Crippen molar-refractivity contribution < 1.29 is 9.59 Å². The van der Waals surface area contributed by atoms with Crippen LogP contribution in [-0.2, 0) is 4.79 Å². The summed E-state index contributed by atoms with van der Waals surface area (Å²) < 4.78 is 0. The predicted molar refractivity (Wildman–Crippen MR) is 103 cm³/mol. The molecule has 0 aliphatic heterocycles. The predicted octanol–water partition coefficient (Wildman–Crippen LogP) is 5.57. The van der Waals surface area contributed by atoms with E-state index in [2.05, 4.69) is 5.32 Å². The van der Waals surface area contributed by atoms with Crippen molar-refractivity contribution in [3.63, 3.8) is 0 Å². The highest BCUT2D eigenvalue weighted by Gasteiger charge is 2.17. The summed E-state index contributed by atoms with van der Waals surface area (Å²) in [6.07, 6.45) is 0. The number of hydrogen-bond donors (Lipinski definition) is 1. The molecular formula is C16H13Cl3N2O2S. The zero-order valence-electron chi connectivity index (χ0n) is 12.6. The zero-order chi connectivity index (χ0) is 17.7. The first-order chi connectivity index (χ1) is 11.4. The van der Waals surface area contributed by atoms with Crippen LogP contribution in [0.2, 0.25) is 15.1 Å². The zero-order valence-corrected chi connectivity index (χ0v) is 15.6. The Kier molecular flexibility index (Phi) is 6.80. The van der Waals surface area contributed by atoms with Gasteiger partial charge >= 0.3 is 0 Å². The number of para-hydroxylation sites is 1. The molecule has 0 heterocycles. The topological polar surface area (TPSA) is 49.4 Å². The summed E-state index contributed by atoms with van der Waals surface area (Å²) in [7, 11) is 1.57. The van der Waals surface area contributed by atoms with Crippen LogP contribution >= 0.6 is 46.6 Å². The number of nitrogens with one attached hydrogen (secondary N) is 1. The maximum Gasteiger partial charge on any atom is 0.286 e. The number of hydrogen-bond acceptors (Lipinski definition) is 3. The Hall–Kier alpha value is -1.40. The second kappa shape index (κ2) is 8.62. The number of anilines is 2. The van der Waals surface area contributed by atoms with Crippen molar-refractivity contribution in [2.75, 3.05) is 23.0 Å². The summed E-state index contributed by atoms with van der Waals surface area (Å²) in [4.78, 5) is 25.5. The number of halogens is 3. The summed E-state index contributed by atoms with van der Waals surface area (Å²) >= 11 is 18.9. The minimum atomic E-state index is -0.327. The van der Waals surface area contributed by atoms with Crippen LogP contribution in [0.25, 0.3) is 0 Å². The molecule has 0 atom stereocenters. The quantitative estimate of drug-likeness (QED) is 0.725. The van der Waals surface area contributed by atoms with Crippen LogP contribution in [0, 0.1) is 0 Å². The molecule has 2 aromatic rings. The fourth-order valence-electron chi connectivity index (χ4n) is 1.82. The van der Waals surface area contributed by atoms with E-state index in [1.807, 2.05) is 0 Å². The van der Waals surface area contributed by atoms with E-state index in [1.54, 1.807) is 49.5 Å². The third-order valence-corrected chi connectivity index (χ3v) is 5.11. The summed E-state index contributed by atoms with van der Waals surface area (Å²) in [6, 6.07) is 11.9. The smallest absolute Gasteiger partial charge is 0.286 e. The number of thioether (sulfide) groups is 1. The van der Waals surface area contributed by atoms with Gasteiger partial charge in [-0.1, -0.05) is 64.8 Å². The van der Waals surface area contributed by atoms with E-state index in [-0.39, 0.29) is 21.9 Å². The van der Waals surface area contributed by atoms with Gasteiger partial charge in [-0.2, -0.15) is 0 Å². The molecule has 0 spiro atoms. The number of amides is 2. The molecule has 2 amide bonds. The van der Waals surface area contributed by atoms with Crippen molar-refractivity contribution in [1.29, 1.82) is 0 Å². The molecule has 0 fully saturated rings. The van der Waals surface area contributed by atoms with E-state index in [9.17, 15) is 9.59 Å². The van der Waals surface area contributed by atoms with Gasteiger partial charge in [-0.15, -0.1) is 0 Å². The van der Waals surface area contributed by atoms with Crippen LogP contribution in [-0.4, -0.2) is 23.9 Å². The van der Waals surface area contributed by atoms with E-state index in [0.717, 1.165) is 11.8 Å². The van der Waals surface area contributed by atoms with Crippen LogP contribution in [0.1, 0.15) is 0 Å². The third kappa shape index (κ3) is 4.80. The van der Waals surface area contributed by atoms with Gasteiger partial charge in [-0.3, -0.25) is 9.59 Å². The number of nitrogens with zero attached hydrogens (tertiary/aromatic N) is 1. The van der Waals surface area contributed by atoms with Gasteiger partial charge in [-0.05, 0) is 24.3 Å². The summed E-state index contributed by atoms with van der Waals surface area (Å²) in [5.74, 6) is -0.376. The van der Waals surface area contributed by atoms with Crippen LogP contribution < -0.4 is 10.2 Å². The molecule has 4 nitrogen and oxygen atoms in total. The van der Waals surface area contributed by atoms with Crippen molar-refractivity contribution in [1.82, 2.24) is 0 Å². The highest BCUT2D eigenvalue weighted by atomic mass is 35.5. The molecule has 0 saturated carbocycles. The van der Waals surface area contributed by atoms with Gasteiger partial charge in [0, 0.05) is 7.05 Å². The number of rotatable bonds is 4. The highest BCUT2D eigenvalue weighted by molar-refractivity contribution is 8.14. The standard InChI is InChI=1S/C16H13Cl3N2O2S/c1-21(13-8-4-6-11(18)15(13)19)16(23)24-9-14(22)20-12-7-3-2-5-10(12)17/h2-8H,9H2,1H3,(H,20,22). The maximum atomic E-state index is 12.2. The lowest BCUT2D eigenvalue weighted by Gasteiger charge is -2.18. The SMILES string of the molecule is CN(C(=O)SCC(=O)Nc1ccccc1Cl)c1cccc(Cl)c1Cl. The summed E-state index contributed by atoms with van der Waals surface area (Å²) in [5.41, 5.74) is 0.983. The Morgan fingerprint density at radius 3 is 2.42 bits per heavy atom. The van der Waals surface area contributed by atoms with Gasteiger partial charge in [0.2, 0.25) is 5.91 Å². The van der Waals surface area contributed by atoms with Crippen LogP contribution in [0.4, 0.5) is 16.2 Å². The molecule has 2 aromatic carbocycles. The molecule has 24 heavy (non-hydrogen) atoms. The normalized spacial score (nSPS) is 10.3. The molecule has 2 rings (SSSR count). The molecule has 0 unspecified atom stereocenters. The number of carbonyl (C=O) groups excluding carboxylic acids is 2. The van der Waals surface area contributed by atoms with Gasteiger partial charge in [0.05, 0.1) is 32.2 Å². The van der Waals surface area contributed by atoms with Crippen molar-refractivity contribution in [2.45, 2.75) is 0 Å². The molecule has 0 aromatic heterocycles. The highest BCUT2D eigenvalue weighted by Crippen LogP contribution is 2.33.